The second-order valence-electron chi connectivity index (χ2n) is 19.9. The van der Waals surface area contributed by atoms with Crippen molar-refractivity contribution in [2.75, 3.05) is 6.61 Å². The van der Waals surface area contributed by atoms with Crippen molar-refractivity contribution in [2.45, 2.75) is 341 Å². The third-order valence-electron chi connectivity index (χ3n) is 13.5. The molecule has 0 spiro atoms. The minimum absolute atomic E-state index is 0.0203. The van der Waals surface area contributed by atoms with Crippen LogP contribution in [0.4, 0.5) is 0 Å². The van der Waals surface area contributed by atoms with E-state index in [1.54, 1.807) is 6.08 Å². The Labute approximate surface area is 395 Å². The molecule has 0 aliphatic rings. The maximum Gasteiger partial charge on any atom is 0.305 e. The second-order valence-corrected chi connectivity index (χ2v) is 19.9. The SMILES string of the molecule is CCCCCCCCCCCCC/C=C/[C@@H](O)[C@H](COC(=O)CCCCCCCCCCCCCCCCCCCCC)NC(=O)CCCCCCCCCCCCCCCCC. The number of carbonyl (C=O) groups is 2. The van der Waals surface area contributed by atoms with Crippen LogP contribution in [0.15, 0.2) is 12.2 Å². The Morgan fingerprint density at radius 3 is 0.984 bits per heavy atom. The topological polar surface area (TPSA) is 75.6 Å². The van der Waals surface area contributed by atoms with Crippen LogP contribution in [0.25, 0.3) is 0 Å². The van der Waals surface area contributed by atoms with Gasteiger partial charge in [-0.3, -0.25) is 9.59 Å². The van der Waals surface area contributed by atoms with Gasteiger partial charge in [-0.1, -0.05) is 303 Å². The summed E-state index contributed by atoms with van der Waals surface area (Å²) in [6.07, 6.45) is 64.0. The number of esters is 1. The fourth-order valence-electron chi connectivity index (χ4n) is 9.06. The molecular formula is C58H113NO4. The van der Waals surface area contributed by atoms with Gasteiger partial charge in [-0.15, -0.1) is 0 Å². The van der Waals surface area contributed by atoms with Gasteiger partial charge >= 0.3 is 5.97 Å². The molecule has 0 radical (unpaired) electrons. The van der Waals surface area contributed by atoms with Crippen molar-refractivity contribution in [3.05, 3.63) is 12.2 Å². The Bertz CT molecular complexity index is 936. The highest BCUT2D eigenvalue weighted by molar-refractivity contribution is 5.76. The Morgan fingerprint density at radius 2 is 0.667 bits per heavy atom. The first-order valence-electron chi connectivity index (χ1n) is 28.8. The summed E-state index contributed by atoms with van der Waals surface area (Å²) in [7, 11) is 0. The van der Waals surface area contributed by atoms with Gasteiger partial charge in [-0.2, -0.15) is 0 Å². The number of aliphatic hydroxyl groups is 1. The zero-order chi connectivity index (χ0) is 45.8. The number of hydrogen-bond donors (Lipinski definition) is 2. The molecule has 1 amide bonds. The van der Waals surface area contributed by atoms with Crippen LogP contribution >= 0.6 is 0 Å². The maximum absolute atomic E-state index is 13.0. The monoisotopic (exact) mass is 888 g/mol. The molecule has 0 heterocycles. The summed E-state index contributed by atoms with van der Waals surface area (Å²) < 4.78 is 5.67. The van der Waals surface area contributed by atoms with E-state index in [2.05, 4.69) is 26.1 Å². The number of ether oxygens (including phenoxy) is 1. The molecule has 2 N–H and O–H groups in total. The van der Waals surface area contributed by atoms with E-state index in [4.69, 9.17) is 4.74 Å². The highest BCUT2D eigenvalue weighted by Gasteiger charge is 2.21. The number of amides is 1. The summed E-state index contributed by atoms with van der Waals surface area (Å²) >= 11 is 0. The first kappa shape index (κ1) is 61.6. The largest absolute Gasteiger partial charge is 0.463 e. The van der Waals surface area contributed by atoms with Gasteiger partial charge in [-0.25, -0.2) is 0 Å². The van der Waals surface area contributed by atoms with Crippen LogP contribution in [0.3, 0.4) is 0 Å². The summed E-state index contributed by atoms with van der Waals surface area (Å²) in [6, 6.07) is -0.614. The standard InChI is InChI=1S/C58H113NO4/c1-4-7-10-13-16-19-22-25-27-28-29-30-32-35-38-41-44-47-50-53-58(62)63-54-55(56(60)51-48-45-42-39-36-33-24-21-18-15-12-9-6-3)59-57(61)52-49-46-43-40-37-34-31-26-23-20-17-14-11-8-5-2/h48,51,55-56,60H,4-47,49-50,52-54H2,1-3H3,(H,59,61)/b51-48+/t55-,56+/m0/s1. The number of aliphatic hydroxyl groups excluding tert-OH is 1. The molecule has 374 valence electrons. The van der Waals surface area contributed by atoms with Crippen molar-refractivity contribution in [1.82, 2.24) is 5.32 Å². The van der Waals surface area contributed by atoms with Gasteiger partial charge < -0.3 is 15.2 Å². The third-order valence-corrected chi connectivity index (χ3v) is 13.5. The molecule has 0 aliphatic carbocycles. The van der Waals surface area contributed by atoms with Crippen molar-refractivity contribution >= 4 is 11.9 Å². The number of nitrogens with one attached hydrogen (secondary N) is 1. The van der Waals surface area contributed by atoms with Crippen LogP contribution in [0, 0.1) is 0 Å². The number of carbonyl (C=O) groups excluding carboxylic acids is 2. The van der Waals surface area contributed by atoms with Crippen LogP contribution < -0.4 is 5.32 Å². The summed E-state index contributed by atoms with van der Waals surface area (Å²) in [5.41, 5.74) is 0. The van der Waals surface area contributed by atoms with Crippen LogP contribution in [-0.2, 0) is 14.3 Å². The quantitative estimate of drug-likeness (QED) is 0.0362. The smallest absolute Gasteiger partial charge is 0.305 e. The van der Waals surface area contributed by atoms with Gasteiger partial charge in [0, 0.05) is 12.8 Å². The van der Waals surface area contributed by atoms with Crippen molar-refractivity contribution in [3.8, 4) is 0 Å². The van der Waals surface area contributed by atoms with Gasteiger partial charge in [0.15, 0.2) is 0 Å². The number of allylic oxidation sites excluding steroid dienone is 1. The molecular weight excluding hydrogens is 775 g/mol. The maximum atomic E-state index is 13.0. The van der Waals surface area contributed by atoms with Crippen molar-refractivity contribution < 1.29 is 19.4 Å². The minimum Gasteiger partial charge on any atom is -0.463 e. The lowest BCUT2D eigenvalue weighted by Gasteiger charge is -2.22. The molecule has 0 rings (SSSR count). The Hall–Kier alpha value is -1.36. The number of unbranched alkanes of at least 4 members (excludes halogenated alkanes) is 43. The van der Waals surface area contributed by atoms with E-state index < -0.39 is 12.1 Å². The number of rotatable bonds is 53. The van der Waals surface area contributed by atoms with Gasteiger partial charge in [0.1, 0.15) is 6.61 Å². The lowest BCUT2D eigenvalue weighted by atomic mass is 10.0. The van der Waals surface area contributed by atoms with Gasteiger partial charge in [0.2, 0.25) is 5.91 Å². The van der Waals surface area contributed by atoms with E-state index in [9.17, 15) is 14.7 Å². The van der Waals surface area contributed by atoms with E-state index in [-0.39, 0.29) is 18.5 Å². The van der Waals surface area contributed by atoms with Crippen LogP contribution in [0.2, 0.25) is 0 Å². The van der Waals surface area contributed by atoms with E-state index in [1.165, 1.54) is 257 Å². The van der Waals surface area contributed by atoms with E-state index in [1.807, 2.05) is 6.08 Å². The zero-order valence-electron chi connectivity index (χ0n) is 43.1. The predicted octanol–water partition coefficient (Wildman–Crippen LogP) is 18.7. The van der Waals surface area contributed by atoms with Crippen LogP contribution in [0.1, 0.15) is 329 Å². The Balaban J connectivity index is 4.30. The van der Waals surface area contributed by atoms with E-state index >= 15 is 0 Å². The van der Waals surface area contributed by atoms with Crippen LogP contribution in [0.5, 0.6) is 0 Å². The van der Waals surface area contributed by atoms with Crippen molar-refractivity contribution in [3.63, 3.8) is 0 Å². The molecule has 5 heteroatoms. The van der Waals surface area contributed by atoms with Crippen molar-refractivity contribution in [2.24, 2.45) is 0 Å². The molecule has 0 aromatic heterocycles. The summed E-state index contributed by atoms with van der Waals surface area (Å²) in [6.45, 7) is 6.87. The van der Waals surface area contributed by atoms with Crippen LogP contribution in [-0.4, -0.2) is 35.7 Å². The molecule has 2 atom stereocenters. The molecule has 0 saturated carbocycles. The first-order valence-corrected chi connectivity index (χ1v) is 28.8. The average molecular weight is 889 g/mol. The molecule has 0 fully saturated rings. The molecule has 0 aromatic carbocycles. The lowest BCUT2D eigenvalue weighted by molar-refractivity contribution is -0.146. The highest BCUT2D eigenvalue weighted by Crippen LogP contribution is 2.17. The van der Waals surface area contributed by atoms with Gasteiger partial charge in [0.25, 0.3) is 0 Å². The highest BCUT2D eigenvalue weighted by atomic mass is 16.5. The summed E-state index contributed by atoms with van der Waals surface area (Å²) in [4.78, 5) is 25.7. The van der Waals surface area contributed by atoms with E-state index in [0.29, 0.717) is 12.8 Å². The van der Waals surface area contributed by atoms with E-state index in [0.717, 1.165) is 38.5 Å². The zero-order valence-corrected chi connectivity index (χ0v) is 43.1. The molecule has 0 unspecified atom stereocenters. The van der Waals surface area contributed by atoms with Crippen molar-refractivity contribution in [1.29, 1.82) is 0 Å². The summed E-state index contributed by atoms with van der Waals surface area (Å²) in [5, 5.41) is 14.1. The fourth-order valence-corrected chi connectivity index (χ4v) is 9.06. The van der Waals surface area contributed by atoms with Gasteiger partial charge in [0.05, 0.1) is 12.1 Å². The third kappa shape index (κ3) is 49.9. The number of hydrogen-bond acceptors (Lipinski definition) is 4. The molecule has 0 aliphatic heterocycles. The summed E-state index contributed by atoms with van der Waals surface area (Å²) in [5.74, 6) is -0.275. The Morgan fingerprint density at radius 1 is 0.397 bits per heavy atom. The molecule has 0 aromatic rings. The lowest BCUT2D eigenvalue weighted by Crippen LogP contribution is -2.46. The molecule has 63 heavy (non-hydrogen) atoms. The molecule has 5 nitrogen and oxygen atoms in total. The first-order chi connectivity index (χ1) is 31.0. The average Bonchev–Trinajstić information content (AvgIpc) is 3.28. The molecule has 0 bridgehead atoms. The Kier molecular flexibility index (Phi) is 52.1. The predicted molar refractivity (Wildman–Crippen MR) is 277 cm³/mol. The second kappa shape index (κ2) is 53.3. The molecule has 0 saturated heterocycles. The van der Waals surface area contributed by atoms with Gasteiger partial charge in [-0.05, 0) is 25.7 Å². The fraction of sp³-hybridized carbons (Fsp3) is 0.931. The normalized spacial score (nSPS) is 12.6. The minimum atomic E-state index is -0.870.